The Morgan fingerprint density at radius 2 is 2.38 bits per heavy atom. The summed E-state index contributed by atoms with van der Waals surface area (Å²) >= 11 is 0. The number of rotatable bonds is 0. The number of hydrogen-bond acceptors (Lipinski definition) is 4. The molecule has 5 heteroatoms. The van der Waals surface area contributed by atoms with Gasteiger partial charge in [0, 0.05) is 25.8 Å². The van der Waals surface area contributed by atoms with Crippen LogP contribution in [0.25, 0.3) is 0 Å². The summed E-state index contributed by atoms with van der Waals surface area (Å²) < 4.78 is 0. The zero-order valence-electron chi connectivity index (χ0n) is 9.18. The topological polar surface area (TPSA) is 48.5 Å². The monoisotopic (exact) mass is 218 g/mol. The molecule has 2 aliphatic heterocycles. The molecule has 1 N–H and O–H groups in total. The molecule has 0 saturated carbocycles. The van der Waals surface area contributed by atoms with Crippen molar-refractivity contribution in [3.63, 3.8) is 0 Å². The smallest absolute Gasteiger partial charge is 0.248 e. The number of likely N-dealkylation sites (N-methyl/N-ethyl adjacent to an activating group) is 1. The maximum absolute atomic E-state index is 11.9. The van der Waals surface area contributed by atoms with E-state index in [2.05, 4.69) is 20.1 Å². The molecule has 1 fully saturated rings. The minimum absolute atomic E-state index is 0.0614. The number of pyridine rings is 1. The van der Waals surface area contributed by atoms with E-state index in [1.165, 1.54) is 0 Å². The molecule has 0 spiro atoms. The van der Waals surface area contributed by atoms with Crippen LogP contribution in [0.5, 0.6) is 0 Å². The lowest BCUT2D eigenvalue weighted by Gasteiger charge is -2.43. The summed E-state index contributed by atoms with van der Waals surface area (Å²) in [5, 5.41) is 2.91. The van der Waals surface area contributed by atoms with Crippen molar-refractivity contribution in [3.05, 3.63) is 18.5 Å². The zero-order chi connectivity index (χ0) is 11.1. The average Bonchev–Trinajstić information content (AvgIpc) is 2.29. The molecule has 1 atom stereocenters. The molecule has 3 rings (SSSR count). The van der Waals surface area contributed by atoms with Gasteiger partial charge in [0.15, 0.2) is 0 Å². The molecule has 84 valence electrons. The molecule has 0 radical (unpaired) electrons. The van der Waals surface area contributed by atoms with Gasteiger partial charge in [0.25, 0.3) is 0 Å². The number of anilines is 2. The number of carbonyl (C=O) groups excluding carboxylic acids is 1. The SMILES string of the molecule is CN1CCN2c3ccncc3NC(=O)C2C1. The minimum Gasteiger partial charge on any atom is -0.355 e. The second-order valence-corrected chi connectivity index (χ2v) is 4.35. The number of aromatic nitrogens is 1. The second-order valence-electron chi connectivity index (χ2n) is 4.35. The van der Waals surface area contributed by atoms with Crippen LogP contribution in [0.1, 0.15) is 0 Å². The van der Waals surface area contributed by atoms with E-state index in [1.807, 2.05) is 13.1 Å². The summed E-state index contributed by atoms with van der Waals surface area (Å²) in [4.78, 5) is 20.3. The summed E-state index contributed by atoms with van der Waals surface area (Å²) in [6.45, 7) is 2.67. The number of amides is 1. The van der Waals surface area contributed by atoms with E-state index in [4.69, 9.17) is 0 Å². The van der Waals surface area contributed by atoms with Gasteiger partial charge in [-0.1, -0.05) is 0 Å². The van der Waals surface area contributed by atoms with Crippen LogP contribution in [0.2, 0.25) is 0 Å². The Morgan fingerprint density at radius 1 is 1.50 bits per heavy atom. The van der Waals surface area contributed by atoms with Gasteiger partial charge in [0.1, 0.15) is 6.04 Å². The van der Waals surface area contributed by atoms with Crippen LogP contribution < -0.4 is 10.2 Å². The molecule has 16 heavy (non-hydrogen) atoms. The van der Waals surface area contributed by atoms with Gasteiger partial charge in [0.05, 0.1) is 17.6 Å². The molecule has 5 nitrogen and oxygen atoms in total. The fourth-order valence-corrected chi connectivity index (χ4v) is 2.38. The predicted octanol–water partition coefficient (Wildman–Crippen LogP) is 0.154. The maximum Gasteiger partial charge on any atom is 0.248 e. The molecule has 1 saturated heterocycles. The van der Waals surface area contributed by atoms with Crippen LogP contribution >= 0.6 is 0 Å². The Bertz CT molecular complexity index is 434. The quantitative estimate of drug-likeness (QED) is 0.673. The first-order valence-electron chi connectivity index (χ1n) is 5.46. The van der Waals surface area contributed by atoms with Gasteiger partial charge in [-0.25, -0.2) is 0 Å². The summed E-state index contributed by atoms with van der Waals surface area (Å²) in [7, 11) is 2.05. The third-order valence-electron chi connectivity index (χ3n) is 3.25. The Balaban J connectivity index is 2.01. The molecule has 1 aromatic heterocycles. The highest BCUT2D eigenvalue weighted by Crippen LogP contribution is 2.32. The Kier molecular flexibility index (Phi) is 2.07. The van der Waals surface area contributed by atoms with Crippen molar-refractivity contribution in [1.82, 2.24) is 9.88 Å². The molecule has 0 aliphatic carbocycles. The fraction of sp³-hybridized carbons (Fsp3) is 0.455. The molecule has 2 aliphatic rings. The Hall–Kier alpha value is -1.62. The maximum atomic E-state index is 11.9. The highest BCUT2D eigenvalue weighted by molar-refractivity contribution is 6.03. The van der Waals surface area contributed by atoms with Gasteiger partial charge < -0.3 is 15.1 Å². The van der Waals surface area contributed by atoms with E-state index in [0.717, 1.165) is 31.0 Å². The number of nitrogens with zero attached hydrogens (tertiary/aromatic N) is 3. The van der Waals surface area contributed by atoms with Crippen molar-refractivity contribution in [3.8, 4) is 0 Å². The Labute approximate surface area is 94.1 Å². The molecule has 1 amide bonds. The second kappa shape index (κ2) is 3.45. The lowest BCUT2D eigenvalue weighted by molar-refractivity contribution is -0.118. The molecular formula is C11H14N4O. The van der Waals surface area contributed by atoms with Gasteiger partial charge in [-0.15, -0.1) is 0 Å². The third-order valence-corrected chi connectivity index (χ3v) is 3.25. The van der Waals surface area contributed by atoms with E-state index in [1.54, 1.807) is 12.4 Å². The van der Waals surface area contributed by atoms with Gasteiger partial charge in [-0.3, -0.25) is 9.78 Å². The van der Waals surface area contributed by atoms with E-state index >= 15 is 0 Å². The molecule has 3 heterocycles. The Morgan fingerprint density at radius 3 is 3.25 bits per heavy atom. The minimum atomic E-state index is -0.0614. The average molecular weight is 218 g/mol. The van der Waals surface area contributed by atoms with Crippen LogP contribution in [0, 0.1) is 0 Å². The normalized spacial score (nSPS) is 24.7. The van der Waals surface area contributed by atoms with E-state index in [9.17, 15) is 4.79 Å². The number of hydrogen-bond donors (Lipinski definition) is 1. The van der Waals surface area contributed by atoms with Crippen molar-refractivity contribution in [2.75, 3.05) is 36.9 Å². The number of fused-ring (bicyclic) bond motifs is 3. The van der Waals surface area contributed by atoms with Crippen molar-refractivity contribution in [2.24, 2.45) is 0 Å². The van der Waals surface area contributed by atoms with Crippen molar-refractivity contribution >= 4 is 17.3 Å². The predicted molar refractivity (Wildman–Crippen MR) is 61.5 cm³/mol. The van der Waals surface area contributed by atoms with Gasteiger partial charge in [-0.05, 0) is 13.1 Å². The highest BCUT2D eigenvalue weighted by Gasteiger charge is 2.36. The summed E-state index contributed by atoms with van der Waals surface area (Å²) in [5.74, 6) is 0.0760. The van der Waals surface area contributed by atoms with Crippen LogP contribution in [-0.4, -0.2) is 48.5 Å². The highest BCUT2D eigenvalue weighted by atomic mass is 16.2. The van der Waals surface area contributed by atoms with E-state index in [-0.39, 0.29) is 11.9 Å². The molecule has 1 unspecified atom stereocenters. The molecule has 0 bridgehead atoms. The zero-order valence-corrected chi connectivity index (χ0v) is 9.18. The van der Waals surface area contributed by atoms with E-state index < -0.39 is 0 Å². The van der Waals surface area contributed by atoms with Crippen molar-refractivity contribution in [1.29, 1.82) is 0 Å². The molecule has 0 aromatic carbocycles. The first kappa shape index (κ1) is 9.59. The fourth-order valence-electron chi connectivity index (χ4n) is 2.38. The van der Waals surface area contributed by atoms with Crippen LogP contribution in [0.15, 0.2) is 18.5 Å². The number of carbonyl (C=O) groups is 1. The summed E-state index contributed by atoms with van der Waals surface area (Å²) in [6, 6.07) is 1.90. The van der Waals surface area contributed by atoms with Crippen LogP contribution in [0.3, 0.4) is 0 Å². The lowest BCUT2D eigenvalue weighted by Crippen LogP contribution is -2.59. The van der Waals surface area contributed by atoms with Gasteiger partial charge in [-0.2, -0.15) is 0 Å². The lowest BCUT2D eigenvalue weighted by atomic mass is 10.1. The van der Waals surface area contributed by atoms with Gasteiger partial charge in [0.2, 0.25) is 5.91 Å². The van der Waals surface area contributed by atoms with Crippen molar-refractivity contribution < 1.29 is 4.79 Å². The van der Waals surface area contributed by atoms with Crippen LogP contribution in [-0.2, 0) is 4.79 Å². The third kappa shape index (κ3) is 1.36. The number of nitrogens with one attached hydrogen (secondary N) is 1. The van der Waals surface area contributed by atoms with Crippen molar-refractivity contribution in [2.45, 2.75) is 6.04 Å². The summed E-state index contributed by atoms with van der Waals surface area (Å²) in [5.41, 5.74) is 1.92. The molecular weight excluding hydrogens is 204 g/mol. The number of piperazine rings is 1. The van der Waals surface area contributed by atoms with E-state index in [0.29, 0.717) is 0 Å². The standard InChI is InChI=1S/C11H14N4O/c1-14-4-5-15-9-2-3-12-6-8(9)13-11(16)10(15)7-14/h2-3,6,10H,4-5,7H2,1H3,(H,13,16). The van der Waals surface area contributed by atoms with Gasteiger partial charge >= 0.3 is 0 Å². The summed E-state index contributed by atoms with van der Waals surface area (Å²) in [6.07, 6.45) is 3.48. The first-order valence-corrected chi connectivity index (χ1v) is 5.46. The first-order chi connectivity index (χ1) is 7.75. The molecule has 1 aromatic rings. The van der Waals surface area contributed by atoms with Crippen LogP contribution in [0.4, 0.5) is 11.4 Å². The largest absolute Gasteiger partial charge is 0.355 e.